The minimum absolute atomic E-state index is 0.274. The Morgan fingerprint density at radius 1 is 1.22 bits per heavy atom. The number of anilines is 1. The van der Waals surface area contributed by atoms with E-state index in [9.17, 15) is 9.90 Å². The van der Waals surface area contributed by atoms with Crippen molar-refractivity contribution < 1.29 is 9.90 Å². The number of nitrogens with one attached hydrogen (secondary N) is 1. The van der Waals surface area contributed by atoms with Gasteiger partial charge in [0.25, 0.3) is 0 Å². The Hall–Kier alpha value is -2.24. The molecule has 1 aromatic carbocycles. The SMILES string of the molecule is O=C(O)C1(Nc2nnc3ccccc3n2)CCC1. The topological polar surface area (TPSA) is 88.0 Å². The lowest BCUT2D eigenvalue weighted by Gasteiger charge is -2.37. The van der Waals surface area contributed by atoms with Gasteiger partial charge in [0, 0.05) is 0 Å². The molecule has 2 aromatic rings. The predicted octanol–water partition coefficient (Wildman–Crippen LogP) is 1.44. The van der Waals surface area contributed by atoms with Gasteiger partial charge in [-0.1, -0.05) is 12.1 Å². The Bertz CT molecular complexity index is 610. The fourth-order valence-electron chi connectivity index (χ4n) is 2.07. The van der Waals surface area contributed by atoms with Crippen molar-refractivity contribution in [2.45, 2.75) is 24.8 Å². The molecule has 0 amide bonds. The van der Waals surface area contributed by atoms with Crippen molar-refractivity contribution in [1.82, 2.24) is 15.2 Å². The van der Waals surface area contributed by atoms with Gasteiger partial charge in [-0.3, -0.25) is 0 Å². The number of aliphatic carboxylic acids is 1. The molecular weight excluding hydrogens is 232 g/mol. The number of carboxylic acid groups (broad SMARTS) is 1. The number of carbonyl (C=O) groups is 1. The van der Waals surface area contributed by atoms with Crippen LogP contribution in [0.3, 0.4) is 0 Å². The van der Waals surface area contributed by atoms with Crippen molar-refractivity contribution in [2.24, 2.45) is 0 Å². The van der Waals surface area contributed by atoms with Crippen molar-refractivity contribution in [1.29, 1.82) is 0 Å². The van der Waals surface area contributed by atoms with E-state index in [1.807, 2.05) is 24.3 Å². The first-order chi connectivity index (χ1) is 8.70. The van der Waals surface area contributed by atoms with Crippen LogP contribution in [0.15, 0.2) is 24.3 Å². The van der Waals surface area contributed by atoms with Gasteiger partial charge >= 0.3 is 5.97 Å². The molecule has 0 spiro atoms. The van der Waals surface area contributed by atoms with Crippen molar-refractivity contribution in [3.63, 3.8) is 0 Å². The summed E-state index contributed by atoms with van der Waals surface area (Å²) in [7, 11) is 0. The van der Waals surface area contributed by atoms with Crippen LogP contribution >= 0.6 is 0 Å². The third-order valence-corrected chi connectivity index (χ3v) is 3.33. The van der Waals surface area contributed by atoms with Crippen LogP contribution in [0, 0.1) is 0 Å². The average molecular weight is 244 g/mol. The smallest absolute Gasteiger partial charge is 0.329 e. The van der Waals surface area contributed by atoms with Gasteiger partial charge in [0.2, 0.25) is 5.95 Å². The minimum Gasteiger partial charge on any atom is -0.480 e. The number of aromatic nitrogens is 3. The summed E-state index contributed by atoms with van der Waals surface area (Å²) in [4.78, 5) is 15.5. The van der Waals surface area contributed by atoms with E-state index in [1.165, 1.54) is 0 Å². The summed E-state index contributed by atoms with van der Waals surface area (Å²) >= 11 is 0. The maximum atomic E-state index is 11.2. The first-order valence-electron chi connectivity index (χ1n) is 5.81. The summed E-state index contributed by atoms with van der Waals surface area (Å²) in [5, 5.41) is 20.1. The van der Waals surface area contributed by atoms with Crippen LogP contribution in [0.1, 0.15) is 19.3 Å². The summed E-state index contributed by atoms with van der Waals surface area (Å²) in [6, 6.07) is 7.35. The van der Waals surface area contributed by atoms with Gasteiger partial charge < -0.3 is 10.4 Å². The van der Waals surface area contributed by atoms with E-state index >= 15 is 0 Å². The zero-order chi connectivity index (χ0) is 12.6. The molecule has 0 saturated heterocycles. The summed E-state index contributed by atoms with van der Waals surface area (Å²) in [6.07, 6.45) is 2.09. The molecule has 1 aliphatic rings. The quantitative estimate of drug-likeness (QED) is 0.849. The van der Waals surface area contributed by atoms with Gasteiger partial charge in [-0.25, -0.2) is 9.78 Å². The molecular formula is C12H12N4O2. The fourth-order valence-corrected chi connectivity index (χ4v) is 2.07. The Balaban J connectivity index is 1.93. The monoisotopic (exact) mass is 244 g/mol. The first kappa shape index (κ1) is 10.9. The van der Waals surface area contributed by atoms with Gasteiger partial charge in [-0.05, 0) is 31.4 Å². The Labute approximate surface area is 103 Å². The van der Waals surface area contributed by atoms with Gasteiger partial charge in [-0.15, -0.1) is 10.2 Å². The second-order valence-electron chi connectivity index (χ2n) is 4.49. The maximum Gasteiger partial charge on any atom is 0.329 e. The van der Waals surface area contributed by atoms with Gasteiger partial charge in [-0.2, -0.15) is 0 Å². The first-order valence-corrected chi connectivity index (χ1v) is 5.81. The third kappa shape index (κ3) is 1.66. The number of hydrogen-bond acceptors (Lipinski definition) is 5. The molecule has 18 heavy (non-hydrogen) atoms. The number of benzene rings is 1. The molecule has 0 radical (unpaired) electrons. The van der Waals surface area contributed by atoms with E-state index in [0.717, 1.165) is 6.42 Å². The van der Waals surface area contributed by atoms with Crippen molar-refractivity contribution in [3.8, 4) is 0 Å². The van der Waals surface area contributed by atoms with E-state index in [2.05, 4.69) is 20.5 Å². The summed E-state index contributed by atoms with van der Waals surface area (Å²) in [6.45, 7) is 0. The Morgan fingerprint density at radius 3 is 2.56 bits per heavy atom. The second-order valence-corrected chi connectivity index (χ2v) is 4.49. The van der Waals surface area contributed by atoms with Crippen LogP contribution in [0.2, 0.25) is 0 Å². The van der Waals surface area contributed by atoms with E-state index in [1.54, 1.807) is 0 Å². The highest BCUT2D eigenvalue weighted by Gasteiger charge is 2.45. The van der Waals surface area contributed by atoms with Crippen LogP contribution in [0.4, 0.5) is 5.95 Å². The van der Waals surface area contributed by atoms with Crippen molar-refractivity contribution in [3.05, 3.63) is 24.3 Å². The molecule has 0 atom stereocenters. The van der Waals surface area contributed by atoms with Crippen LogP contribution in [0.5, 0.6) is 0 Å². The van der Waals surface area contributed by atoms with E-state index in [4.69, 9.17) is 0 Å². The summed E-state index contributed by atoms with van der Waals surface area (Å²) in [5.74, 6) is -0.582. The van der Waals surface area contributed by atoms with E-state index in [0.29, 0.717) is 23.9 Å². The van der Waals surface area contributed by atoms with Gasteiger partial charge in [0.15, 0.2) is 0 Å². The molecule has 92 valence electrons. The maximum absolute atomic E-state index is 11.2. The highest BCUT2D eigenvalue weighted by molar-refractivity contribution is 5.83. The molecule has 1 saturated carbocycles. The predicted molar refractivity (Wildman–Crippen MR) is 65.2 cm³/mol. The van der Waals surface area contributed by atoms with E-state index in [-0.39, 0.29) is 5.95 Å². The number of para-hydroxylation sites is 1. The lowest BCUT2D eigenvalue weighted by molar-refractivity contribution is -0.145. The summed E-state index contributed by atoms with van der Waals surface area (Å²) in [5.41, 5.74) is 0.486. The molecule has 0 unspecified atom stereocenters. The van der Waals surface area contributed by atoms with Crippen LogP contribution in [0.25, 0.3) is 11.0 Å². The molecule has 3 rings (SSSR count). The molecule has 0 bridgehead atoms. The van der Waals surface area contributed by atoms with Crippen LogP contribution < -0.4 is 5.32 Å². The highest BCUT2D eigenvalue weighted by atomic mass is 16.4. The van der Waals surface area contributed by atoms with E-state index < -0.39 is 11.5 Å². The summed E-state index contributed by atoms with van der Waals surface area (Å²) < 4.78 is 0. The molecule has 2 N–H and O–H groups in total. The molecule has 1 heterocycles. The van der Waals surface area contributed by atoms with Crippen molar-refractivity contribution in [2.75, 3.05) is 5.32 Å². The standard InChI is InChI=1S/C12H12N4O2/c17-10(18)12(6-3-7-12)14-11-13-8-4-1-2-5-9(8)15-16-11/h1-2,4-5H,3,6-7H2,(H,17,18)(H,13,14,16). The number of hydrogen-bond donors (Lipinski definition) is 2. The fraction of sp³-hybridized carbons (Fsp3) is 0.333. The normalized spacial score (nSPS) is 17.1. The molecule has 1 aromatic heterocycles. The largest absolute Gasteiger partial charge is 0.480 e. The highest BCUT2D eigenvalue weighted by Crippen LogP contribution is 2.34. The molecule has 6 heteroatoms. The lowest BCUT2D eigenvalue weighted by Crippen LogP contribution is -2.52. The number of rotatable bonds is 3. The number of fused-ring (bicyclic) bond motifs is 1. The second kappa shape index (κ2) is 3.90. The number of nitrogens with zero attached hydrogens (tertiary/aromatic N) is 3. The lowest BCUT2D eigenvalue weighted by atomic mass is 9.77. The molecule has 1 fully saturated rings. The zero-order valence-corrected chi connectivity index (χ0v) is 9.63. The Kier molecular flexibility index (Phi) is 2.36. The van der Waals surface area contributed by atoms with Crippen molar-refractivity contribution >= 4 is 23.0 Å². The van der Waals surface area contributed by atoms with Crippen LogP contribution in [-0.4, -0.2) is 31.8 Å². The molecule has 1 aliphatic carbocycles. The zero-order valence-electron chi connectivity index (χ0n) is 9.63. The Morgan fingerprint density at radius 2 is 1.94 bits per heavy atom. The van der Waals surface area contributed by atoms with Gasteiger partial charge in [0.1, 0.15) is 11.1 Å². The number of carboxylic acids is 1. The molecule has 0 aliphatic heterocycles. The molecule has 6 nitrogen and oxygen atoms in total. The third-order valence-electron chi connectivity index (χ3n) is 3.33. The van der Waals surface area contributed by atoms with Crippen LogP contribution in [-0.2, 0) is 4.79 Å². The van der Waals surface area contributed by atoms with Gasteiger partial charge in [0.05, 0.1) is 5.52 Å². The minimum atomic E-state index is -0.913. The average Bonchev–Trinajstić information content (AvgIpc) is 2.33.